The minimum Gasteiger partial charge on any atom is -0.378 e. The summed E-state index contributed by atoms with van der Waals surface area (Å²) in [7, 11) is 2.01. The standard InChI is InChI=1S/C21H24N4O2/c1-15-4-3-5-16(12-15)14-22-20(26)17-6-7-19-18(13-17)23-21(24(19)2)25-8-10-27-11-9-25/h3-7,12-13H,8-11,14H2,1-2H3,(H,22,26). The zero-order chi connectivity index (χ0) is 18.8. The van der Waals surface area contributed by atoms with E-state index in [2.05, 4.69) is 20.9 Å². The molecule has 0 bridgehead atoms. The molecule has 1 aliphatic rings. The normalized spacial score (nSPS) is 14.5. The molecule has 1 saturated heterocycles. The zero-order valence-electron chi connectivity index (χ0n) is 15.7. The van der Waals surface area contributed by atoms with E-state index in [0.29, 0.717) is 12.1 Å². The summed E-state index contributed by atoms with van der Waals surface area (Å²) in [5.74, 6) is 0.836. The number of benzene rings is 2. The van der Waals surface area contributed by atoms with Gasteiger partial charge in [0.2, 0.25) is 5.95 Å². The lowest BCUT2D eigenvalue weighted by Crippen LogP contribution is -2.37. The maximum Gasteiger partial charge on any atom is 0.251 e. The van der Waals surface area contributed by atoms with E-state index in [4.69, 9.17) is 9.72 Å². The number of aromatic nitrogens is 2. The van der Waals surface area contributed by atoms with E-state index in [-0.39, 0.29) is 5.91 Å². The van der Waals surface area contributed by atoms with E-state index in [0.717, 1.165) is 48.8 Å². The van der Waals surface area contributed by atoms with Crippen LogP contribution in [0.1, 0.15) is 21.5 Å². The highest BCUT2D eigenvalue weighted by molar-refractivity contribution is 5.97. The molecule has 1 fully saturated rings. The minimum absolute atomic E-state index is 0.0861. The Kier molecular flexibility index (Phi) is 4.81. The molecule has 0 radical (unpaired) electrons. The third-order valence-corrected chi connectivity index (χ3v) is 4.95. The van der Waals surface area contributed by atoms with Crippen molar-refractivity contribution in [3.63, 3.8) is 0 Å². The first kappa shape index (κ1) is 17.5. The molecule has 0 atom stereocenters. The van der Waals surface area contributed by atoms with E-state index < -0.39 is 0 Å². The molecule has 2 heterocycles. The molecule has 0 unspecified atom stereocenters. The number of rotatable bonds is 4. The number of nitrogens with one attached hydrogen (secondary N) is 1. The van der Waals surface area contributed by atoms with Gasteiger partial charge in [-0.1, -0.05) is 29.8 Å². The van der Waals surface area contributed by atoms with Gasteiger partial charge in [-0.3, -0.25) is 4.79 Å². The van der Waals surface area contributed by atoms with E-state index in [1.165, 1.54) is 5.56 Å². The van der Waals surface area contributed by atoms with Crippen LogP contribution in [-0.4, -0.2) is 41.8 Å². The van der Waals surface area contributed by atoms with Crippen molar-refractivity contribution < 1.29 is 9.53 Å². The van der Waals surface area contributed by atoms with Crippen LogP contribution in [0.3, 0.4) is 0 Å². The summed E-state index contributed by atoms with van der Waals surface area (Å²) in [6.45, 7) is 5.67. The quantitative estimate of drug-likeness (QED) is 0.773. The molecule has 1 aromatic heterocycles. The van der Waals surface area contributed by atoms with Crippen molar-refractivity contribution in [1.29, 1.82) is 0 Å². The number of anilines is 1. The molecular formula is C21H24N4O2. The number of carbonyl (C=O) groups is 1. The van der Waals surface area contributed by atoms with Crippen molar-refractivity contribution in [3.05, 3.63) is 59.2 Å². The van der Waals surface area contributed by atoms with E-state index in [9.17, 15) is 4.79 Å². The van der Waals surface area contributed by atoms with Gasteiger partial charge in [0.15, 0.2) is 0 Å². The fraction of sp³-hybridized carbons (Fsp3) is 0.333. The fourth-order valence-corrected chi connectivity index (χ4v) is 3.48. The minimum atomic E-state index is -0.0861. The zero-order valence-corrected chi connectivity index (χ0v) is 15.7. The van der Waals surface area contributed by atoms with Crippen LogP contribution in [0.5, 0.6) is 0 Å². The van der Waals surface area contributed by atoms with E-state index in [1.807, 2.05) is 50.4 Å². The van der Waals surface area contributed by atoms with Gasteiger partial charge in [-0.05, 0) is 30.7 Å². The van der Waals surface area contributed by atoms with Crippen LogP contribution in [0, 0.1) is 6.92 Å². The Morgan fingerprint density at radius 3 is 2.78 bits per heavy atom. The van der Waals surface area contributed by atoms with Crippen molar-refractivity contribution in [1.82, 2.24) is 14.9 Å². The number of imidazole rings is 1. The summed E-state index contributed by atoms with van der Waals surface area (Å²) < 4.78 is 7.50. The maximum atomic E-state index is 12.6. The van der Waals surface area contributed by atoms with Crippen molar-refractivity contribution in [2.45, 2.75) is 13.5 Å². The van der Waals surface area contributed by atoms with Gasteiger partial charge in [-0.15, -0.1) is 0 Å². The van der Waals surface area contributed by atoms with Crippen LogP contribution in [0.25, 0.3) is 11.0 Å². The average molecular weight is 364 g/mol. The first-order chi connectivity index (χ1) is 13.1. The van der Waals surface area contributed by atoms with Gasteiger partial charge in [0.05, 0.1) is 24.2 Å². The Hall–Kier alpha value is -2.86. The van der Waals surface area contributed by atoms with Crippen LogP contribution in [0.2, 0.25) is 0 Å². The largest absolute Gasteiger partial charge is 0.378 e. The van der Waals surface area contributed by atoms with Gasteiger partial charge in [-0.25, -0.2) is 4.98 Å². The highest BCUT2D eigenvalue weighted by atomic mass is 16.5. The third kappa shape index (κ3) is 3.66. The molecular weight excluding hydrogens is 340 g/mol. The fourth-order valence-electron chi connectivity index (χ4n) is 3.48. The number of fused-ring (bicyclic) bond motifs is 1. The molecule has 0 aliphatic carbocycles. The highest BCUT2D eigenvalue weighted by Crippen LogP contribution is 2.23. The summed E-state index contributed by atoms with van der Waals surface area (Å²) in [6, 6.07) is 13.8. The lowest BCUT2D eigenvalue weighted by atomic mass is 10.1. The second-order valence-electron chi connectivity index (χ2n) is 6.95. The SMILES string of the molecule is Cc1cccc(CNC(=O)c2ccc3c(c2)nc(N2CCOCC2)n3C)c1. The van der Waals surface area contributed by atoms with Crippen LogP contribution in [0.15, 0.2) is 42.5 Å². The van der Waals surface area contributed by atoms with Crippen LogP contribution in [-0.2, 0) is 18.3 Å². The topological polar surface area (TPSA) is 59.4 Å². The van der Waals surface area contributed by atoms with Gasteiger partial charge in [-0.2, -0.15) is 0 Å². The predicted octanol–water partition coefficient (Wildman–Crippen LogP) is 2.65. The van der Waals surface area contributed by atoms with Gasteiger partial charge in [0.25, 0.3) is 5.91 Å². The predicted molar refractivity (Wildman–Crippen MR) is 106 cm³/mol. The van der Waals surface area contributed by atoms with Gasteiger partial charge >= 0.3 is 0 Å². The molecule has 6 nitrogen and oxygen atoms in total. The third-order valence-electron chi connectivity index (χ3n) is 4.95. The lowest BCUT2D eigenvalue weighted by molar-refractivity contribution is 0.0951. The summed E-state index contributed by atoms with van der Waals surface area (Å²) in [5, 5.41) is 2.99. The Morgan fingerprint density at radius 1 is 1.19 bits per heavy atom. The molecule has 1 amide bonds. The molecule has 1 N–H and O–H groups in total. The number of hydrogen-bond donors (Lipinski definition) is 1. The number of nitrogens with zero attached hydrogens (tertiary/aromatic N) is 3. The molecule has 27 heavy (non-hydrogen) atoms. The Labute approximate surface area is 158 Å². The van der Waals surface area contributed by atoms with Gasteiger partial charge in [0.1, 0.15) is 0 Å². The average Bonchev–Trinajstić information content (AvgIpc) is 3.03. The Morgan fingerprint density at radius 2 is 2.00 bits per heavy atom. The summed E-state index contributed by atoms with van der Waals surface area (Å²) in [5.41, 5.74) is 4.76. The molecule has 140 valence electrons. The first-order valence-electron chi connectivity index (χ1n) is 9.25. The van der Waals surface area contributed by atoms with Gasteiger partial charge < -0.3 is 19.5 Å². The Balaban J connectivity index is 1.53. The first-order valence-corrected chi connectivity index (χ1v) is 9.25. The number of aryl methyl sites for hydroxylation is 2. The molecule has 6 heteroatoms. The Bertz CT molecular complexity index is 973. The van der Waals surface area contributed by atoms with Crippen molar-refractivity contribution in [3.8, 4) is 0 Å². The summed E-state index contributed by atoms with van der Waals surface area (Å²) in [4.78, 5) is 19.6. The van der Waals surface area contributed by atoms with Gasteiger partial charge in [0, 0.05) is 32.2 Å². The molecule has 1 aliphatic heterocycles. The van der Waals surface area contributed by atoms with Crippen molar-refractivity contribution in [2.24, 2.45) is 7.05 Å². The smallest absolute Gasteiger partial charge is 0.251 e. The maximum absolute atomic E-state index is 12.6. The number of carbonyl (C=O) groups excluding carboxylic acids is 1. The van der Waals surface area contributed by atoms with Crippen molar-refractivity contribution in [2.75, 3.05) is 31.2 Å². The number of ether oxygens (including phenoxy) is 1. The molecule has 0 saturated carbocycles. The number of hydrogen-bond acceptors (Lipinski definition) is 4. The highest BCUT2D eigenvalue weighted by Gasteiger charge is 2.18. The molecule has 4 rings (SSSR count). The molecule has 0 spiro atoms. The monoisotopic (exact) mass is 364 g/mol. The van der Waals surface area contributed by atoms with Crippen molar-refractivity contribution >= 4 is 22.9 Å². The second-order valence-corrected chi connectivity index (χ2v) is 6.95. The van der Waals surface area contributed by atoms with Crippen LogP contribution < -0.4 is 10.2 Å². The van der Waals surface area contributed by atoms with E-state index >= 15 is 0 Å². The van der Waals surface area contributed by atoms with E-state index in [1.54, 1.807) is 0 Å². The number of amides is 1. The van der Waals surface area contributed by atoms with Crippen LogP contribution >= 0.6 is 0 Å². The second kappa shape index (κ2) is 7.40. The summed E-state index contributed by atoms with van der Waals surface area (Å²) in [6.07, 6.45) is 0. The summed E-state index contributed by atoms with van der Waals surface area (Å²) >= 11 is 0. The van der Waals surface area contributed by atoms with Crippen LogP contribution in [0.4, 0.5) is 5.95 Å². The number of morpholine rings is 1. The molecule has 3 aromatic rings. The lowest BCUT2D eigenvalue weighted by Gasteiger charge is -2.27. The molecule has 2 aromatic carbocycles.